The van der Waals surface area contributed by atoms with Gasteiger partial charge >= 0.3 is 5.97 Å². The molecule has 0 amide bonds. The summed E-state index contributed by atoms with van der Waals surface area (Å²) in [6.45, 7) is 2.35. The molecule has 1 heterocycles. The molecule has 8 heteroatoms. The molecule has 1 aliphatic rings. The van der Waals surface area contributed by atoms with Gasteiger partial charge in [0.25, 0.3) is 9.05 Å². The van der Waals surface area contributed by atoms with Crippen molar-refractivity contribution in [3.05, 3.63) is 11.4 Å². The normalized spacial score (nSPS) is 15.1. The van der Waals surface area contributed by atoms with Crippen LogP contribution in [0, 0.1) is 0 Å². The lowest BCUT2D eigenvalue weighted by Crippen LogP contribution is -2.11. The Labute approximate surface area is 128 Å². The average molecular weight is 335 g/mol. The molecule has 21 heavy (non-hydrogen) atoms. The highest BCUT2D eigenvalue weighted by Crippen LogP contribution is 2.43. The molecule has 1 saturated carbocycles. The Bertz CT molecular complexity index is 608. The number of H-pyrrole nitrogens is 1. The second kappa shape index (κ2) is 6.79. The quantitative estimate of drug-likeness (QED) is 0.448. The van der Waals surface area contributed by atoms with Gasteiger partial charge in [-0.25, -0.2) is 13.2 Å². The molecule has 1 N–H and O–H groups in total. The van der Waals surface area contributed by atoms with Gasteiger partial charge in [-0.15, -0.1) is 0 Å². The monoisotopic (exact) mass is 334 g/mol. The molecule has 0 saturated heterocycles. The third kappa shape index (κ3) is 4.20. The van der Waals surface area contributed by atoms with E-state index >= 15 is 0 Å². The Morgan fingerprint density at radius 2 is 2.10 bits per heavy atom. The van der Waals surface area contributed by atoms with Gasteiger partial charge in [0.05, 0.1) is 12.3 Å². The first kappa shape index (κ1) is 16.3. The molecule has 0 aromatic carbocycles. The summed E-state index contributed by atoms with van der Waals surface area (Å²) < 4.78 is 28.4. The number of ether oxygens (including phenoxy) is 1. The van der Waals surface area contributed by atoms with Crippen LogP contribution in [0.25, 0.3) is 0 Å². The number of hydrogen-bond acceptors (Lipinski definition) is 5. The van der Waals surface area contributed by atoms with Crippen molar-refractivity contribution in [3.8, 4) is 0 Å². The van der Waals surface area contributed by atoms with Gasteiger partial charge in [0.1, 0.15) is 4.90 Å². The van der Waals surface area contributed by atoms with Gasteiger partial charge in [-0.2, -0.15) is 5.10 Å². The highest BCUT2D eigenvalue weighted by Gasteiger charge is 2.36. The van der Waals surface area contributed by atoms with Crippen LogP contribution in [0.3, 0.4) is 0 Å². The van der Waals surface area contributed by atoms with Crippen LogP contribution in [-0.4, -0.2) is 31.2 Å². The summed E-state index contributed by atoms with van der Waals surface area (Å²) in [6, 6.07) is 0. The minimum atomic E-state index is -4.03. The van der Waals surface area contributed by atoms with Crippen molar-refractivity contribution >= 4 is 25.7 Å². The van der Waals surface area contributed by atoms with E-state index in [-0.39, 0.29) is 23.1 Å². The van der Waals surface area contributed by atoms with Gasteiger partial charge in [0.2, 0.25) is 0 Å². The van der Waals surface area contributed by atoms with E-state index in [1.165, 1.54) is 0 Å². The smallest absolute Gasteiger partial charge is 0.360 e. The number of nitrogens with one attached hydrogen (secondary N) is 1. The molecule has 0 atom stereocenters. The van der Waals surface area contributed by atoms with E-state index < -0.39 is 15.0 Å². The number of rotatable bonds is 8. The molecule has 1 aromatic rings. The van der Waals surface area contributed by atoms with Gasteiger partial charge in [-0.1, -0.05) is 26.2 Å². The molecule has 1 aliphatic carbocycles. The van der Waals surface area contributed by atoms with Gasteiger partial charge in [-0.3, -0.25) is 5.10 Å². The number of aromatic amines is 1. The van der Waals surface area contributed by atoms with Crippen molar-refractivity contribution in [2.45, 2.75) is 56.3 Å². The first-order chi connectivity index (χ1) is 9.95. The molecule has 118 valence electrons. The summed E-state index contributed by atoms with van der Waals surface area (Å²) in [5.41, 5.74) is 0.185. The maximum atomic E-state index is 12.0. The fourth-order valence-electron chi connectivity index (χ4n) is 2.14. The summed E-state index contributed by atoms with van der Waals surface area (Å²) in [7, 11) is 1.40. The van der Waals surface area contributed by atoms with Crippen LogP contribution < -0.4 is 0 Å². The Hall–Kier alpha value is -1.08. The SMILES string of the molecule is CCCCCCOC(=O)c1n[nH]c(C2CC2)c1S(=O)(=O)Cl. The topological polar surface area (TPSA) is 89.1 Å². The lowest BCUT2D eigenvalue weighted by molar-refractivity contribution is 0.0486. The molecule has 2 rings (SSSR count). The largest absolute Gasteiger partial charge is 0.461 e. The van der Waals surface area contributed by atoms with Crippen molar-refractivity contribution in [1.82, 2.24) is 10.2 Å². The van der Waals surface area contributed by atoms with Crippen LogP contribution in [0.15, 0.2) is 4.90 Å². The van der Waals surface area contributed by atoms with Crippen molar-refractivity contribution in [2.75, 3.05) is 6.61 Å². The van der Waals surface area contributed by atoms with E-state index in [9.17, 15) is 13.2 Å². The van der Waals surface area contributed by atoms with Crippen molar-refractivity contribution in [2.24, 2.45) is 0 Å². The van der Waals surface area contributed by atoms with Crippen LogP contribution in [0.1, 0.15) is 67.5 Å². The molecule has 0 aliphatic heterocycles. The second-order valence-electron chi connectivity index (χ2n) is 5.22. The third-order valence-corrected chi connectivity index (χ3v) is 4.77. The zero-order chi connectivity index (χ0) is 15.5. The lowest BCUT2D eigenvalue weighted by Gasteiger charge is -2.04. The fraction of sp³-hybridized carbons (Fsp3) is 0.692. The molecular formula is C13H19ClN2O4S. The Morgan fingerprint density at radius 3 is 2.67 bits per heavy atom. The summed E-state index contributed by atoms with van der Waals surface area (Å²) >= 11 is 0. The first-order valence-corrected chi connectivity index (χ1v) is 9.46. The summed E-state index contributed by atoms with van der Waals surface area (Å²) in [5.74, 6) is -0.652. The highest BCUT2D eigenvalue weighted by molar-refractivity contribution is 8.13. The van der Waals surface area contributed by atoms with E-state index in [0.717, 1.165) is 38.5 Å². The van der Waals surface area contributed by atoms with E-state index in [2.05, 4.69) is 17.1 Å². The van der Waals surface area contributed by atoms with Gasteiger partial charge in [0, 0.05) is 16.6 Å². The second-order valence-corrected chi connectivity index (χ2v) is 7.73. The molecule has 1 aromatic heterocycles. The summed E-state index contributed by atoms with van der Waals surface area (Å²) in [4.78, 5) is 11.8. The molecular weight excluding hydrogens is 316 g/mol. The molecule has 1 fully saturated rings. The minimum Gasteiger partial charge on any atom is -0.461 e. The molecule has 0 unspecified atom stereocenters. The van der Waals surface area contributed by atoms with E-state index in [4.69, 9.17) is 15.4 Å². The Kier molecular flexibility index (Phi) is 5.27. The number of halogens is 1. The molecule has 0 bridgehead atoms. The maximum Gasteiger partial charge on any atom is 0.360 e. The van der Waals surface area contributed by atoms with Crippen molar-refractivity contribution in [3.63, 3.8) is 0 Å². The van der Waals surface area contributed by atoms with Crippen molar-refractivity contribution in [1.29, 1.82) is 0 Å². The van der Waals surface area contributed by atoms with Crippen LogP contribution in [-0.2, 0) is 13.8 Å². The van der Waals surface area contributed by atoms with Crippen molar-refractivity contribution < 1.29 is 17.9 Å². The number of carbonyl (C=O) groups excluding carboxylic acids is 1. The van der Waals surface area contributed by atoms with Crippen LogP contribution in [0.5, 0.6) is 0 Å². The zero-order valence-corrected chi connectivity index (χ0v) is 13.5. The number of aromatic nitrogens is 2. The van der Waals surface area contributed by atoms with Gasteiger partial charge < -0.3 is 4.74 Å². The molecule has 0 spiro atoms. The number of nitrogens with zero attached hydrogens (tertiary/aromatic N) is 1. The van der Waals surface area contributed by atoms with E-state index in [1.54, 1.807) is 0 Å². The van der Waals surface area contributed by atoms with Crippen LogP contribution >= 0.6 is 10.7 Å². The number of unbranched alkanes of at least 4 members (excludes halogenated alkanes) is 3. The average Bonchev–Trinajstić information content (AvgIpc) is 3.15. The number of esters is 1. The van der Waals surface area contributed by atoms with E-state index in [1.807, 2.05) is 0 Å². The minimum absolute atomic E-state index is 0.0899. The van der Waals surface area contributed by atoms with Gasteiger partial charge in [-0.05, 0) is 19.3 Å². The predicted octanol–water partition coefficient (Wildman–Crippen LogP) is 2.95. The van der Waals surface area contributed by atoms with Crippen LogP contribution in [0.4, 0.5) is 0 Å². The fourth-order valence-corrected chi connectivity index (χ4v) is 3.44. The standard InChI is InChI=1S/C13H19ClN2O4S/c1-2-3-4-5-8-20-13(17)11-12(21(14,18)19)10(15-16-11)9-6-7-9/h9H,2-8H2,1H3,(H,15,16). The number of hydrogen-bond donors (Lipinski definition) is 1. The third-order valence-electron chi connectivity index (χ3n) is 3.40. The summed E-state index contributed by atoms with van der Waals surface area (Å²) in [6.07, 6.45) is 5.63. The highest BCUT2D eigenvalue weighted by atomic mass is 35.7. The Morgan fingerprint density at radius 1 is 1.38 bits per heavy atom. The first-order valence-electron chi connectivity index (χ1n) is 7.15. The van der Waals surface area contributed by atoms with Gasteiger partial charge in [0.15, 0.2) is 5.69 Å². The van der Waals surface area contributed by atoms with E-state index in [0.29, 0.717) is 5.69 Å². The summed E-state index contributed by atoms with van der Waals surface area (Å²) in [5, 5.41) is 6.42. The predicted molar refractivity (Wildman–Crippen MR) is 78.0 cm³/mol. The number of carbonyl (C=O) groups is 1. The molecule has 6 nitrogen and oxygen atoms in total. The lowest BCUT2D eigenvalue weighted by atomic mass is 10.2. The Balaban J connectivity index is 2.07. The zero-order valence-electron chi connectivity index (χ0n) is 11.9. The molecule has 0 radical (unpaired) electrons. The maximum absolute atomic E-state index is 12.0. The van der Waals surface area contributed by atoms with Crippen LogP contribution in [0.2, 0.25) is 0 Å².